The number of Topliss-reactive ketones (excluding diaryl/α,β-unsaturated/α-hetero) is 1. The van der Waals surface area contributed by atoms with Crippen LogP contribution in [0, 0.1) is 0 Å². The van der Waals surface area contributed by atoms with Crippen LogP contribution < -0.4 is 14.2 Å². The number of benzene rings is 2. The summed E-state index contributed by atoms with van der Waals surface area (Å²) >= 11 is 0. The summed E-state index contributed by atoms with van der Waals surface area (Å²) in [5.74, 6) is -0.532. The number of ether oxygens (including phenoxy) is 3. The summed E-state index contributed by atoms with van der Waals surface area (Å²) in [5, 5.41) is 18.9. The number of aliphatic carboxylic acids is 1. The molecule has 2 aliphatic rings. The molecule has 0 aromatic heterocycles. The van der Waals surface area contributed by atoms with Crippen LogP contribution in [0.2, 0.25) is 0 Å². The summed E-state index contributed by atoms with van der Waals surface area (Å²) in [4.78, 5) is 37.4. The predicted octanol–water partition coefficient (Wildman–Crippen LogP) is 1.74. The molecule has 0 bridgehead atoms. The number of aliphatic hydroxyl groups is 1. The Balaban J connectivity index is 1.43. The number of aliphatic hydroxyl groups excluding tert-OH is 1. The number of hydrogen-bond donors (Lipinski definition) is 2. The summed E-state index contributed by atoms with van der Waals surface area (Å²) in [6.07, 6.45) is 0.728. The number of nitrogens with zero attached hydrogens (tertiary/aromatic N) is 1. The van der Waals surface area contributed by atoms with E-state index in [1.165, 1.54) is 12.1 Å². The molecule has 0 radical (unpaired) electrons. The van der Waals surface area contributed by atoms with Crippen LogP contribution in [0.25, 0.3) is 6.08 Å². The Labute approximate surface area is 183 Å². The molecule has 4 rings (SSSR count). The van der Waals surface area contributed by atoms with E-state index in [2.05, 4.69) is 0 Å². The third kappa shape index (κ3) is 4.28. The molecule has 2 atom stereocenters. The number of allylic oxidation sites excluding steroid dienone is 1. The lowest BCUT2D eigenvalue weighted by molar-refractivity contribution is -0.148. The van der Waals surface area contributed by atoms with E-state index in [0.29, 0.717) is 22.8 Å². The van der Waals surface area contributed by atoms with Gasteiger partial charge in [-0.15, -0.1) is 0 Å². The highest BCUT2D eigenvalue weighted by Gasteiger charge is 2.39. The Morgan fingerprint density at radius 1 is 1.19 bits per heavy atom. The molecule has 1 amide bonds. The second-order valence-corrected chi connectivity index (χ2v) is 7.45. The van der Waals surface area contributed by atoms with Crippen molar-refractivity contribution in [3.05, 3.63) is 59.4 Å². The zero-order valence-corrected chi connectivity index (χ0v) is 17.2. The maximum Gasteiger partial charge on any atom is 0.326 e. The van der Waals surface area contributed by atoms with Crippen molar-refractivity contribution >= 4 is 23.7 Å². The molecule has 32 heavy (non-hydrogen) atoms. The quantitative estimate of drug-likeness (QED) is 0.653. The van der Waals surface area contributed by atoms with E-state index < -0.39 is 30.6 Å². The predicted molar refractivity (Wildman–Crippen MR) is 112 cm³/mol. The first-order chi connectivity index (χ1) is 15.4. The van der Waals surface area contributed by atoms with Crippen LogP contribution in [0.3, 0.4) is 0 Å². The van der Waals surface area contributed by atoms with Crippen LogP contribution in [-0.2, 0) is 9.59 Å². The van der Waals surface area contributed by atoms with Gasteiger partial charge in [0.1, 0.15) is 23.3 Å². The molecule has 0 saturated carbocycles. The molecule has 2 aromatic carbocycles. The number of rotatable bonds is 6. The number of fused-ring (bicyclic) bond motifs is 1. The lowest BCUT2D eigenvalue weighted by Gasteiger charge is -2.21. The van der Waals surface area contributed by atoms with Gasteiger partial charge in [0.15, 0.2) is 12.4 Å². The lowest BCUT2D eigenvalue weighted by atomic mass is 10.1. The van der Waals surface area contributed by atoms with Crippen LogP contribution >= 0.6 is 0 Å². The molecular weight excluding hydrogens is 418 g/mol. The van der Waals surface area contributed by atoms with Gasteiger partial charge >= 0.3 is 5.97 Å². The first-order valence-corrected chi connectivity index (χ1v) is 9.91. The number of methoxy groups -OCH3 is 1. The molecule has 0 aliphatic carbocycles. The Bertz CT molecular complexity index is 1090. The number of likely N-dealkylation sites (tertiary alicyclic amines) is 1. The smallest absolute Gasteiger partial charge is 0.326 e. The van der Waals surface area contributed by atoms with Crippen molar-refractivity contribution in [1.82, 2.24) is 4.90 Å². The van der Waals surface area contributed by atoms with Gasteiger partial charge in [0.05, 0.1) is 18.8 Å². The van der Waals surface area contributed by atoms with E-state index in [-0.39, 0.29) is 24.5 Å². The number of carboxylic acid groups (broad SMARTS) is 1. The van der Waals surface area contributed by atoms with Gasteiger partial charge in [-0.3, -0.25) is 9.59 Å². The molecule has 166 valence electrons. The number of ketones is 1. The third-order valence-electron chi connectivity index (χ3n) is 5.30. The zero-order chi connectivity index (χ0) is 22.8. The minimum atomic E-state index is -1.17. The molecule has 9 heteroatoms. The van der Waals surface area contributed by atoms with E-state index in [9.17, 15) is 24.6 Å². The summed E-state index contributed by atoms with van der Waals surface area (Å²) in [6.45, 7) is -0.460. The average molecular weight is 439 g/mol. The van der Waals surface area contributed by atoms with E-state index in [0.717, 1.165) is 10.5 Å². The van der Waals surface area contributed by atoms with Gasteiger partial charge in [0.2, 0.25) is 5.78 Å². The van der Waals surface area contributed by atoms with Gasteiger partial charge in [-0.05, 0) is 35.9 Å². The fourth-order valence-corrected chi connectivity index (χ4v) is 3.66. The number of hydrogen-bond acceptors (Lipinski definition) is 7. The van der Waals surface area contributed by atoms with Crippen molar-refractivity contribution in [2.24, 2.45) is 0 Å². The second-order valence-electron chi connectivity index (χ2n) is 7.45. The van der Waals surface area contributed by atoms with Crippen molar-refractivity contribution < 1.29 is 38.8 Å². The van der Waals surface area contributed by atoms with Gasteiger partial charge in [0, 0.05) is 19.0 Å². The third-order valence-corrected chi connectivity index (χ3v) is 5.30. The van der Waals surface area contributed by atoms with Crippen molar-refractivity contribution in [2.75, 3.05) is 20.3 Å². The lowest BCUT2D eigenvalue weighted by Crippen LogP contribution is -2.42. The molecule has 2 heterocycles. The molecule has 2 N–H and O–H groups in total. The molecule has 2 aromatic rings. The summed E-state index contributed by atoms with van der Waals surface area (Å²) < 4.78 is 16.3. The minimum absolute atomic E-state index is 0.0147. The highest BCUT2D eigenvalue weighted by molar-refractivity contribution is 6.14. The van der Waals surface area contributed by atoms with Gasteiger partial charge in [-0.2, -0.15) is 0 Å². The molecule has 2 unspecified atom stereocenters. The maximum absolute atomic E-state index is 12.6. The number of carbonyl (C=O) groups is 3. The fourth-order valence-electron chi connectivity index (χ4n) is 3.66. The highest BCUT2D eigenvalue weighted by atomic mass is 16.5. The van der Waals surface area contributed by atoms with E-state index in [1.54, 1.807) is 43.5 Å². The van der Waals surface area contributed by atoms with Crippen molar-refractivity contribution in [3.8, 4) is 17.2 Å². The zero-order valence-electron chi connectivity index (χ0n) is 17.2. The van der Waals surface area contributed by atoms with Gasteiger partial charge in [-0.1, -0.05) is 12.1 Å². The Morgan fingerprint density at radius 3 is 2.59 bits per heavy atom. The molecule has 0 spiro atoms. The monoisotopic (exact) mass is 439 g/mol. The topological polar surface area (TPSA) is 123 Å². The van der Waals surface area contributed by atoms with E-state index >= 15 is 0 Å². The van der Waals surface area contributed by atoms with Crippen LogP contribution in [0.5, 0.6) is 17.2 Å². The van der Waals surface area contributed by atoms with Crippen LogP contribution in [0.15, 0.2) is 48.2 Å². The van der Waals surface area contributed by atoms with Crippen molar-refractivity contribution in [2.45, 2.75) is 18.6 Å². The number of carbonyl (C=O) groups excluding carboxylic acids is 2. The largest absolute Gasteiger partial charge is 0.497 e. The van der Waals surface area contributed by atoms with Gasteiger partial charge in [0.25, 0.3) is 5.91 Å². The van der Waals surface area contributed by atoms with Gasteiger partial charge < -0.3 is 29.3 Å². The first kappa shape index (κ1) is 21.4. The summed E-state index contributed by atoms with van der Waals surface area (Å²) in [7, 11) is 1.57. The SMILES string of the molecule is COc1ccc(C=C2Oc3cc(OCC(=O)N4CC(O)CC4C(=O)O)ccc3C2=O)cc1. The van der Waals surface area contributed by atoms with Gasteiger partial charge in [-0.25, -0.2) is 4.79 Å². The Kier molecular flexibility index (Phi) is 5.83. The van der Waals surface area contributed by atoms with E-state index in [1.807, 2.05) is 0 Å². The number of amides is 1. The summed E-state index contributed by atoms with van der Waals surface area (Å²) in [5.41, 5.74) is 1.14. The molecule has 9 nitrogen and oxygen atoms in total. The van der Waals surface area contributed by atoms with Crippen molar-refractivity contribution in [3.63, 3.8) is 0 Å². The van der Waals surface area contributed by atoms with Crippen LogP contribution in [0.4, 0.5) is 0 Å². The van der Waals surface area contributed by atoms with Crippen LogP contribution in [-0.4, -0.2) is 65.2 Å². The Morgan fingerprint density at radius 2 is 1.91 bits per heavy atom. The molecular formula is C23H21NO8. The highest BCUT2D eigenvalue weighted by Crippen LogP contribution is 2.35. The number of β-amino-alcohol motifs (C(OH)–C–C–N with tert-alkyl or cyclic N) is 1. The minimum Gasteiger partial charge on any atom is -0.497 e. The molecule has 1 fully saturated rings. The normalized spacial score (nSPS) is 20.8. The average Bonchev–Trinajstić information content (AvgIpc) is 3.32. The van der Waals surface area contributed by atoms with Crippen LogP contribution in [0.1, 0.15) is 22.3 Å². The first-order valence-electron chi connectivity index (χ1n) is 9.91. The second kappa shape index (κ2) is 8.72. The fraction of sp³-hybridized carbons (Fsp3) is 0.261. The standard InChI is InChI=1S/C23H21NO8/c1-30-15-4-2-13(3-5-15)8-20-22(27)17-7-6-16(10-19(17)32-20)31-12-21(26)24-11-14(25)9-18(24)23(28)29/h2-8,10,14,18,25H,9,11-12H2,1H3,(H,28,29). The maximum atomic E-state index is 12.6. The molecule has 2 aliphatic heterocycles. The Hall–Kier alpha value is -3.85. The van der Waals surface area contributed by atoms with E-state index in [4.69, 9.17) is 14.2 Å². The number of carboxylic acids is 1. The summed E-state index contributed by atoms with van der Waals surface area (Å²) in [6, 6.07) is 10.7. The van der Waals surface area contributed by atoms with Crippen molar-refractivity contribution in [1.29, 1.82) is 0 Å². The molecule has 1 saturated heterocycles.